The van der Waals surface area contributed by atoms with Crippen LogP contribution in [-0.4, -0.2) is 15.1 Å². The number of phenolic OH excluding ortho intramolecular Hbond substituents is 1. The van der Waals surface area contributed by atoms with Crippen molar-refractivity contribution in [2.45, 2.75) is 6.92 Å². The zero-order chi connectivity index (χ0) is 13.6. The number of phenols is 1. The summed E-state index contributed by atoms with van der Waals surface area (Å²) in [5.41, 5.74) is 3.43. The number of aromatic nitrogens is 2. The third-order valence-electron chi connectivity index (χ3n) is 2.93. The maximum absolute atomic E-state index is 9.95. The molecule has 96 valence electrons. The molecule has 3 rings (SSSR count). The van der Waals surface area contributed by atoms with Gasteiger partial charge in [-0.05, 0) is 30.7 Å². The summed E-state index contributed by atoms with van der Waals surface area (Å²) >= 11 is 11.8. The lowest BCUT2D eigenvalue weighted by atomic mass is 10.2. The van der Waals surface area contributed by atoms with Crippen molar-refractivity contribution in [3.05, 3.63) is 45.9 Å². The average Bonchev–Trinajstić information content (AvgIpc) is 2.76. The third-order valence-corrected chi connectivity index (χ3v) is 3.65. The van der Waals surface area contributed by atoms with E-state index in [2.05, 4.69) is 9.97 Å². The predicted octanol–water partition coefficient (Wildman–Crippen LogP) is 4.55. The van der Waals surface area contributed by atoms with E-state index in [-0.39, 0.29) is 5.75 Å². The summed E-state index contributed by atoms with van der Waals surface area (Å²) < 4.78 is 0. The molecule has 0 bridgehead atoms. The van der Waals surface area contributed by atoms with Gasteiger partial charge in [0.2, 0.25) is 0 Å². The minimum Gasteiger partial charge on any atom is -0.507 e. The molecule has 0 radical (unpaired) electrons. The number of H-pyrrole nitrogens is 1. The van der Waals surface area contributed by atoms with Gasteiger partial charge in [0.1, 0.15) is 11.6 Å². The van der Waals surface area contributed by atoms with Gasteiger partial charge >= 0.3 is 0 Å². The summed E-state index contributed by atoms with van der Waals surface area (Å²) in [7, 11) is 0. The number of aromatic amines is 1. The number of hydrogen-bond donors (Lipinski definition) is 2. The van der Waals surface area contributed by atoms with Gasteiger partial charge in [-0.3, -0.25) is 0 Å². The minimum atomic E-state index is 0.0465. The minimum absolute atomic E-state index is 0.0465. The van der Waals surface area contributed by atoms with Gasteiger partial charge in [0.15, 0.2) is 0 Å². The first kappa shape index (κ1) is 12.3. The van der Waals surface area contributed by atoms with E-state index in [1.54, 1.807) is 6.07 Å². The second-order valence-corrected chi connectivity index (χ2v) is 5.20. The van der Waals surface area contributed by atoms with Crippen molar-refractivity contribution >= 4 is 34.2 Å². The molecular formula is C14H10Cl2N2O. The Balaban J connectivity index is 2.21. The van der Waals surface area contributed by atoms with E-state index in [0.717, 1.165) is 16.6 Å². The zero-order valence-corrected chi connectivity index (χ0v) is 11.5. The highest BCUT2D eigenvalue weighted by atomic mass is 35.5. The van der Waals surface area contributed by atoms with E-state index >= 15 is 0 Å². The fourth-order valence-electron chi connectivity index (χ4n) is 1.98. The molecule has 3 nitrogen and oxygen atoms in total. The molecule has 0 aliphatic rings. The predicted molar refractivity (Wildman–Crippen MR) is 78.0 cm³/mol. The molecule has 0 atom stereocenters. The first-order valence-electron chi connectivity index (χ1n) is 5.69. The van der Waals surface area contributed by atoms with Crippen molar-refractivity contribution in [2.75, 3.05) is 0 Å². The number of nitrogens with zero attached hydrogens (tertiary/aromatic N) is 1. The van der Waals surface area contributed by atoms with Gasteiger partial charge in [0, 0.05) is 6.07 Å². The number of fused-ring (bicyclic) bond motifs is 1. The molecule has 1 aromatic heterocycles. The average molecular weight is 293 g/mol. The Hall–Kier alpha value is -1.71. The van der Waals surface area contributed by atoms with Crippen LogP contribution in [0.3, 0.4) is 0 Å². The highest BCUT2D eigenvalue weighted by molar-refractivity contribution is 6.42. The normalized spacial score (nSPS) is 11.1. The Morgan fingerprint density at radius 1 is 1.11 bits per heavy atom. The van der Waals surface area contributed by atoms with Crippen molar-refractivity contribution in [2.24, 2.45) is 0 Å². The molecule has 0 aliphatic heterocycles. The number of benzene rings is 2. The van der Waals surface area contributed by atoms with Crippen LogP contribution >= 0.6 is 23.2 Å². The molecule has 1 heterocycles. The van der Waals surface area contributed by atoms with Gasteiger partial charge in [-0.2, -0.15) is 0 Å². The number of aromatic hydroxyl groups is 1. The van der Waals surface area contributed by atoms with Gasteiger partial charge in [0.25, 0.3) is 0 Å². The maximum atomic E-state index is 9.95. The van der Waals surface area contributed by atoms with Crippen molar-refractivity contribution < 1.29 is 5.11 Å². The topological polar surface area (TPSA) is 48.9 Å². The van der Waals surface area contributed by atoms with E-state index in [0.29, 0.717) is 21.4 Å². The second-order valence-electron chi connectivity index (χ2n) is 4.39. The molecule has 2 aromatic carbocycles. The molecule has 0 amide bonds. The van der Waals surface area contributed by atoms with Crippen LogP contribution in [0.15, 0.2) is 30.3 Å². The Morgan fingerprint density at radius 3 is 2.63 bits per heavy atom. The van der Waals surface area contributed by atoms with Crippen LogP contribution in [0.4, 0.5) is 0 Å². The van der Waals surface area contributed by atoms with E-state index in [1.165, 1.54) is 6.07 Å². The summed E-state index contributed by atoms with van der Waals surface area (Å²) in [6.07, 6.45) is 0. The van der Waals surface area contributed by atoms with E-state index in [1.807, 2.05) is 25.1 Å². The largest absolute Gasteiger partial charge is 0.507 e. The molecule has 3 aromatic rings. The number of aryl methyl sites for hydroxylation is 1. The lowest BCUT2D eigenvalue weighted by Gasteiger charge is -2.03. The van der Waals surface area contributed by atoms with Crippen LogP contribution in [0.25, 0.3) is 22.4 Å². The Kier molecular flexibility index (Phi) is 2.88. The summed E-state index contributed by atoms with van der Waals surface area (Å²) in [6, 6.07) is 8.93. The van der Waals surface area contributed by atoms with Crippen molar-refractivity contribution in [3.63, 3.8) is 0 Å². The molecule has 19 heavy (non-hydrogen) atoms. The standard InChI is InChI=1S/C14H10Cl2N2O/c1-7-2-3-11-12(4-7)18-14(17-11)8-5-9(15)10(16)6-13(8)19/h2-6,19H,1H3,(H,17,18). The van der Waals surface area contributed by atoms with Crippen molar-refractivity contribution in [1.82, 2.24) is 9.97 Å². The highest BCUT2D eigenvalue weighted by Gasteiger charge is 2.12. The SMILES string of the molecule is Cc1ccc2nc(-c3cc(Cl)c(Cl)cc3O)[nH]c2c1. The molecule has 0 saturated heterocycles. The van der Waals surface area contributed by atoms with E-state index in [4.69, 9.17) is 23.2 Å². The summed E-state index contributed by atoms with van der Waals surface area (Å²) in [6.45, 7) is 2.01. The molecule has 0 saturated carbocycles. The van der Waals surface area contributed by atoms with Crippen molar-refractivity contribution in [1.29, 1.82) is 0 Å². The molecule has 0 aliphatic carbocycles. The first-order chi connectivity index (χ1) is 9.04. The zero-order valence-electron chi connectivity index (χ0n) is 10.0. The smallest absolute Gasteiger partial charge is 0.142 e. The monoisotopic (exact) mass is 292 g/mol. The fourth-order valence-corrected chi connectivity index (χ4v) is 2.30. The van der Waals surface area contributed by atoms with Gasteiger partial charge < -0.3 is 10.1 Å². The van der Waals surface area contributed by atoms with Crippen LogP contribution in [0.5, 0.6) is 5.75 Å². The first-order valence-corrected chi connectivity index (χ1v) is 6.45. The Bertz CT molecular complexity index is 780. The molecular weight excluding hydrogens is 283 g/mol. The summed E-state index contributed by atoms with van der Waals surface area (Å²) in [5.74, 6) is 0.613. The second kappa shape index (κ2) is 4.44. The Labute approximate surface area is 119 Å². The van der Waals surface area contributed by atoms with Crippen molar-refractivity contribution in [3.8, 4) is 17.1 Å². The highest BCUT2D eigenvalue weighted by Crippen LogP contribution is 2.35. The van der Waals surface area contributed by atoms with Gasteiger partial charge in [-0.25, -0.2) is 4.98 Å². The fraction of sp³-hybridized carbons (Fsp3) is 0.0714. The van der Waals surface area contributed by atoms with Crippen LogP contribution in [0.2, 0.25) is 10.0 Å². The third kappa shape index (κ3) is 2.15. The molecule has 0 spiro atoms. The lowest BCUT2D eigenvalue weighted by molar-refractivity contribution is 0.477. The lowest BCUT2D eigenvalue weighted by Crippen LogP contribution is -1.82. The van der Waals surface area contributed by atoms with Gasteiger partial charge in [-0.15, -0.1) is 0 Å². The molecule has 0 unspecified atom stereocenters. The molecule has 5 heteroatoms. The Morgan fingerprint density at radius 2 is 1.84 bits per heavy atom. The quantitative estimate of drug-likeness (QED) is 0.691. The van der Waals surface area contributed by atoms with Gasteiger partial charge in [-0.1, -0.05) is 29.3 Å². The maximum Gasteiger partial charge on any atom is 0.142 e. The van der Waals surface area contributed by atoms with E-state index < -0.39 is 0 Å². The van der Waals surface area contributed by atoms with Crippen LogP contribution in [0.1, 0.15) is 5.56 Å². The van der Waals surface area contributed by atoms with Crippen LogP contribution in [-0.2, 0) is 0 Å². The summed E-state index contributed by atoms with van der Waals surface area (Å²) in [5, 5.41) is 10.6. The molecule has 0 fully saturated rings. The van der Waals surface area contributed by atoms with Crippen LogP contribution < -0.4 is 0 Å². The summed E-state index contributed by atoms with van der Waals surface area (Å²) in [4.78, 5) is 7.61. The number of halogens is 2. The molecule has 2 N–H and O–H groups in total. The van der Waals surface area contributed by atoms with Crippen LogP contribution in [0, 0.1) is 6.92 Å². The van der Waals surface area contributed by atoms with E-state index in [9.17, 15) is 5.11 Å². The number of nitrogens with one attached hydrogen (secondary N) is 1. The number of hydrogen-bond acceptors (Lipinski definition) is 2. The number of rotatable bonds is 1. The van der Waals surface area contributed by atoms with Gasteiger partial charge in [0.05, 0.1) is 26.6 Å². The number of imidazole rings is 1.